The fraction of sp³-hybridized carbons (Fsp3) is 0.643. The highest BCUT2D eigenvalue weighted by Gasteiger charge is 2.29. The molecule has 3 unspecified atom stereocenters. The van der Waals surface area contributed by atoms with Crippen LogP contribution in [0.4, 0.5) is 5.69 Å². The molecule has 3 nitrogen and oxygen atoms in total. The zero-order valence-electron chi connectivity index (χ0n) is 10.9. The van der Waals surface area contributed by atoms with Crippen LogP contribution in [0.2, 0.25) is 0 Å². The number of hydrogen-bond donors (Lipinski definition) is 1. The first-order valence-corrected chi connectivity index (χ1v) is 6.44. The van der Waals surface area contributed by atoms with E-state index in [-0.39, 0.29) is 6.61 Å². The summed E-state index contributed by atoms with van der Waals surface area (Å²) in [5, 5.41) is 9.40. The lowest BCUT2D eigenvalue weighted by molar-refractivity contribution is 0.275. The molecular formula is C14H22N2O. The first kappa shape index (κ1) is 12.4. The van der Waals surface area contributed by atoms with Gasteiger partial charge in [-0.2, -0.15) is 0 Å². The van der Waals surface area contributed by atoms with E-state index < -0.39 is 0 Å². The SMILES string of the molecule is CC1CC(C)C(C)N(c2ccncc2CO)C1. The normalized spacial score (nSPS) is 29.4. The second kappa shape index (κ2) is 5.05. The van der Waals surface area contributed by atoms with Gasteiger partial charge in [-0.1, -0.05) is 13.8 Å². The number of anilines is 1. The summed E-state index contributed by atoms with van der Waals surface area (Å²) in [6, 6.07) is 2.55. The van der Waals surface area contributed by atoms with Gasteiger partial charge in [0.2, 0.25) is 0 Å². The fourth-order valence-electron chi connectivity index (χ4n) is 2.85. The molecule has 1 fully saturated rings. The molecular weight excluding hydrogens is 212 g/mol. The van der Waals surface area contributed by atoms with Gasteiger partial charge in [-0.3, -0.25) is 4.98 Å². The molecule has 0 saturated carbocycles. The molecule has 1 aliphatic heterocycles. The highest BCUT2D eigenvalue weighted by atomic mass is 16.3. The van der Waals surface area contributed by atoms with E-state index in [1.54, 1.807) is 6.20 Å². The third-order valence-electron chi connectivity index (χ3n) is 3.96. The molecule has 1 aromatic heterocycles. The van der Waals surface area contributed by atoms with Crippen molar-refractivity contribution in [3.8, 4) is 0 Å². The van der Waals surface area contributed by atoms with Gasteiger partial charge in [0.15, 0.2) is 0 Å². The predicted octanol–water partition coefficient (Wildman–Crippen LogP) is 2.44. The third-order valence-corrected chi connectivity index (χ3v) is 3.96. The molecule has 2 rings (SSSR count). The minimum Gasteiger partial charge on any atom is -0.392 e. The summed E-state index contributed by atoms with van der Waals surface area (Å²) < 4.78 is 0. The van der Waals surface area contributed by atoms with E-state index in [1.165, 1.54) is 6.42 Å². The zero-order chi connectivity index (χ0) is 12.4. The van der Waals surface area contributed by atoms with E-state index in [0.29, 0.717) is 17.9 Å². The van der Waals surface area contributed by atoms with Crippen LogP contribution in [-0.2, 0) is 6.61 Å². The van der Waals surface area contributed by atoms with Crippen molar-refractivity contribution in [2.75, 3.05) is 11.4 Å². The molecule has 0 amide bonds. The number of aliphatic hydroxyl groups is 1. The summed E-state index contributed by atoms with van der Waals surface area (Å²) in [4.78, 5) is 6.51. The molecule has 0 radical (unpaired) electrons. The van der Waals surface area contributed by atoms with Gasteiger partial charge in [0.05, 0.1) is 6.61 Å². The summed E-state index contributed by atoms with van der Waals surface area (Å²) in [6.07, 6.45) is 4.87. The van der Waals surface area contributed by atoms with Crippen LogP contribution in [-0.4, -0.2) is 22.7 Å². The van der Waals surface area contributed by atoms with E-state index in [9.17, 15) is 5.11 Å². The van der Waals surface area contributed by atoms with E-state index in [1.807, 2.05) is 12.3 Å². The van der Waals surface area contributed by atoms with E-state index in [0.717, 1.165) is 17.8 Å². The lowest BCUT2D eigenvalue weighted by Gasteiger charge is -2.43. The second-order valence-electron chi connectivity index (χ2n) is 5.37. The van der Waals surface area contributed by atoms with Crippen LogP contribution in [0, 0.1) is 11.8 Å². The molecule has 0 spiro atoms. The topological polar surface area (TPSA) is 36.4 Å². The van der Waals surface area contributed by atoms with Crippen molar-refractivity contribution in [2.45, 2.75) is 39.8 Å². The number of hydrogen-bond acceptors (Lipinski definition) is 3. The Labute approximate surface area is 103 Å². The van der Waals surface area contributed by atoms with Crippen LogP contribution in [0.5, 0.6) is 0 Å². The van der Waals surface area contributed by atoms with Crippen molar-refractivity contribution < 1.29 is 5.11 Å². The van der Waals surface area contributed by atoms with Crippen molar-refractivity contribution >= 4 is 5.69 Å². The summed E-state index contributed by atoms with van der Waals surface area (Å²) in [5.41, 5.74) is 2.08. The van der Waals surface area contributed by atoms with Crippen LogP contribution < -0.4 is 4.90 Å². The van der Waals surface area contributed by atoms with Gasteiger partial charge in [0.1, 0.15) is 0 Å². The van der Waals surface area contributed by atoms with Crippen LogP contribution >= 0.6 is 0 Å². The van der Waals surface area contributed by atoms with Crippen LogP contribution in [0.1, 0.15) is 32.8 Å². The Bertz CT molecular complexity index is 380. The maximum absolute atomic E-state index is 9.40. The standard InChI is InChI=1S/C14H22N2O/c1-10-6-11(2)12(3)16(8-10)14-4-5-15-7-13(14)9-17/h4-5,7,10-12,17H,6,8-9H2,1-3H3. The highest BCUT2D eigenvalue weighted by Crippen LogP contribution is 2.32. The largest absolute Gasteiger partial charge is 0.392 e. The first-order valence-electron chi connectivity index (χ1n) is 6.44. The maximum Gasteiger partial charge on any atom is 0.0717 e. The van der Waals surface area contributed by atoms with Crippen molar-refractivity contribution in [1.82, 2.24) is 4.98 Å². The third kappa shape index (κ3) is 2.44. The second-order valence-corrected chi connectivity index (χ2v) is 5.37. The van der Waals surface area contributed by atoms with Crippen molar-refractivity contribution in [2.24, 2.45) is 11.8 Å². The molecule has 1 aromatic rings. The van der Waals surface area contributed by atoms with E-state index in [4.69, 9.17) is 0 Å². The Hall–Kier alpha value is -1.09. The number of aromatic nitrogens is 1. The molecule has 1 N–H and O–H groups in total. The smallest absolute Gasteiger partial charge is 0.0717 e. The monoisotopic (exact) mass is 234 g/mol. The van der Waals surface area contributed by atoms with Gasteiger partial charge in [-0.05, 0) is 31.2 Å². The molecule has 94 valence electrons. The molecule has 0 aliphatic carbocycles. The summed E-state index contributed by atoms with van der Waals surface area (Å²) in [6.45, 7) is 8.03. The summed E-state index contributed by atoms with van der Waals surface area (Å²) in [5.74, 6) is 1.40. The molecule has 3 heteroatoms. The zero-order valence-corrected chi connectivity index (χ0v) is 10.9. The number of nitrogens with zero attached hydrogens (tertiary/aromatic N) is 2. The molecule has 17 heavy (non-hydrogen) atoms. The van der Waals surface area contributed by atoms with Crippen LogP contribution in [0.15, 0.2) is 18.5 Å². The fourth-order valence-corrected chi connectivity index (χ4v) is 2.85. The minimum absolute atomic E-state index is 0.0646. The van der Waals surface area contributed by atoms with Crippen molar-refractivity contribution in [1.29, 1.82) is 0 Å². The van der Waals surface area contributed by atoms with Crippen molar-refractivity contribution in [3.63, 3.8) is 0 Å². The number of piperidine rings is 1. The number of pyridine rings is 1. The van der Waals surface area contributed by atoms with Gasteiger partial charge >= 0.3 is 0 Å². The molecule has 1 aliphatic rings. The van der Waals surface area contributed by atoms with E-state index in [2.05, 4.69) is 30.7 Å². The van der Waals surface area contributed by atoms with Crippen molar-refractivity contribution in [3.05, 3.63) is 24.0 Å². The lowest BCUT2D eigenvalue weighted by atomic mass is 9.85. The average Bonchev–Trinajstić information content (AvgIpc) is 2.33. The number of aliphatic hydroxyl groups excluding tert-OH is 1. The average molecular weight is 234 g/mol. The molecule has 3 atom stereocenters. The van der Waals surface area contributed by atoms with Gasteiger partial charge in [0, 0.05) is 36.2 Å². The Morgan fingerprint density at radius 2 is 2.18 bits per heavy atom. The Morgan fingerprint density at radius 1 is 1.41 bits per heavy atom. The molecule has 1 saturated heterocycles. The van der Waals surface area contributed by atoms with Gasteiger partial charge in [-0.15, -0.1) is 0 Å². The Balaban J connectivity index is 2.31. The van der Waals surface area contributed by atoms with Crippen LogP contribution in [0.25, 0.3) is 0 Å². The van der Waals surface area contributed by atoms with Gasteiger partial charge < -0.3 is 10.0 Å². The van der Waals surface area contributed by atoms with Crippen LogP contribution in [0.3, 0.4) is 0 Å². The minimum atomic E-state index is 0.0646. The summed E-state index contributed by atoms with van der Waals surface area (Å²) >= 11 is 0. The first-order chi connectivity index (χ1) is 8.13. The molecule has 2 heterocycles. The molecule has 0 bridgehead atoms. The van der Waals surface area contributed by atoms with Gasteiger partial charge in [-0.25, -0.2) is 0 Å². The predicted molar refractivity (Wildman–Crippen MR) is 69.9 cm³/mol. The Kier molecular flexibility index (Phi) is 3.67. The number of rotatable bonds is 2. The maximum atomic E-state index is 9.40. The van der Waals surface area contributed by atoms with E-state index >= 15 is 0 Å². The highest BCUT2D eigenvalue weighted by molar-refractivity contribution is 5.53. The Morgan fingerprint density at radius 3 is 2.88 bits per heavy atom. The summed E-state index contributed by atoms with van der Waals surface area (Å²) in [7, 11) is 0. The lowest BCUT2D eigenvalue weighted by Crippen LogP contribution is -2.46. The molecule has 0 aromatic carbocycles. The quantitative estimate of drug-likeness (QED) is 0.854. The van der Waals surface area contributed by atoms with Gasteiger partial charge in [0.25, 0.3) is 0 Å².